The molecule has 1 fully saturated rings. The van der Waals surface area contributed by atoms with Gasteiger partial charge in [-0.05, 0) is 37.8 Å². The van der Waals surface area contributed by atoms with E-state index >= 15 is 0 Å². The van der Waals surface area contributed by atoms with Gasteiger partial charge in [0.15, 0.2) is 0 Å². The largest absolute Gasteiger partial charge is 0.381 e. The van der Waals surface area contributed by atoms with Gasteiger partial charge in [-0.3, -0.25) is 0 Å². The van der Waals surface area contributed by atoms with Crippen LogP contribution in [0.25, 0.3) is 11.0 Å². The van der Waals surface area contributed by atoms with Crippen molar-refractivity contribution in [3.8, 4) is 0 Å². The zero-order valence-corrected chi connectivity index (χ0v) is 11.9. The molecular formula is C15H19ClN2O. The lowest BCUT2D eigenvalue weighted by atomic mass is 10.0. The van der Waals surface area contributed by atoms with Gasteiger partial charge in [0.1, 0.15) is 5.82 Å². The van der Waals surface area contributed by atoms with Crippen molar-refractivity contribution in [2.24, 2.45) is 5.92 Å². The van der Waals surface area contributed by atoms with E-state index in [0.717, 1.165) is 43.9 Å². The van der Waals surface area contributed by atoms with Gasteiger partial charge in [-0.1, -0.05) is 12.1 Å². The molecule has 0 amide bonds. The highest BCUT2D eigenvalue weighted by Gasteiger charge is 2.20. The van der Waals surface area contributed by atoms with Crippen LogP contribution in [0.3, 0.4) is 0 Å². The van der Waals surface area contributed by atoms with E-state index in [1.54, 1.807) is 0 Å². The Morgan fingerprint density at radius 1 is 1.37 bits per heavy atom. The number of hydrogen-bond donors (Lipinski definition) is 0. The van der Waals surface area contributed by atoms with Gasteiger partial charge in [0.25, 0.3) is 0 Å². The summed E-state index contributed by atoms with van der Waals surface area (Å²) in [6.45, 7) is 4.74. The van der Waals surface area contributed by atoms with Gasteiger partial charge < -0.3 is 9.30 Å². The first-order valence-electron chi connectivity index (χ1n) is 6.92. The second-order valence-corrected chi connectivity index (χ2v) is 5.90. The average molecular weight is 279 g/mol. The summed E-state index contributed by atoms with van der Waals surface area (Å²) in [5.41, 5.74) is 2.23. The maximum absolute atomic E-state index is 6.29. The van der Waals surface area contributed by atoms with Crippen LogP contribution in [0.1, 0.15) is 31.0 Å². The third-order valence-corrected chi connectivity index (χ3v) is 4.02. The highest BCUT2D eigenvalue weighted by Crippen LogP contribution is 2.27. The highest BCUT2D eigenvalue weighted by atomic mass is 35.5. The smallest absolute Gasteiger partial charge is 0.127 e. The average Bonchev–Trinajstić information content (AvgIpc) is 2.79. The van der Waals surface area contributed by atoms with Crippen LogP contribution in [-0.2, 0) is 11.3 Å². The number of para-hydroxylation sites is 2. The Morgan fingerprint density at radius 3 is 2.84 bits per heavy atom. The fourth-order valence-electron chi connectivity index (χ4n) is 2.78. The summed E-state index contributed by atoms with van der Waals surface area (Å²) in [7, 11) is 0. The molecule has 1 aliphatic rings. The lowest BCUT2D eigenvalue weighted by molar-refractivity contribution is 0.0613. The van der Waals surface area contributed by atoms with Crippen LogP contribution >= 0.6 is 11.6 Å². The molecular weight excluding hydrogens is 260 g/mol. The monoisotopic (exact) mass is 278 g/mol. The van der Waals surface area contributed by atoms with Crippen molar-refractivity contribution in [1.82, 2.24) is 9.55 Å². The molecule has 3 rings (SSSR count). The quantitative estimate of drug-likeness (QED) is 0.799. The lowest BCUT2D eigenvalue weighted by Crippen LogP contribution is -2.21. The summed E-state index contributed by atoms with van der Waals surface area (Å²) in [6, 6.07) is 8.27. The lowest BCUT2D eigenvalue weighted by Gasteiger charge is -2.23. The zero-order valence-electron chi connectivity index (χ0n) is 11.2. The van der Waals surface area contributed by atoms with Gasteiger partial charge in [-0.25, -0.2) is 4.98 Å². The predicted molar refractivity (Wildman–Crippen MR) is 77.5 cm³/mol. The number of ether oxygens (including phenoxy) is 1. The van der Waals surface area contributed by atoms with Gasteiger partial charge in [-0.15, -0.1) is 11.6 Å². The van der Waals surface area contributed by atoms with Gasteiger partial charge in [0, 0.05) is 19.8 Å². The van der Waals surface area contributed by atoms with Crippen molar-refractivity contribution in [1.29, 1.82) is 0 Å². The fourth-order valence-corrected chi connectivity index (χ4v) is 2.94. The maximum Gasteiger partial charge on any atom is 0.127 e. The van der Waals surface area contributed by atoms with E-state index in [1.165, 1.54) is 5.52 Å². The standard InChI is InChI=1S/C15H19ClN2O/c1-11(16)15-17-13-4-2-3-5-14(13)18(15)10-12-6-8-19-9-7-12/h2-5,11-12H,6-10H2,1H3. The van der Waals surface area contributed by atoms with E-state index in [1.807, 2.05) is 13.0 Å². The second-order valence-electron chi connectivity index (χ2n) is 5.24. The molecule has 1 aromatic heterocycles. The molecule has 0 saturated carbocycles. The van der Waals surface area contributed by atoms with Crippen LogP contribution in [-0.4, -0.2) is 22.8 Å². The molecule has 0 aliphatic carbocycles. The number of nitrogens with zero attached hydrogens (tertiary/aromatic N) is 2. The number of hydrogen-bond acceptors (Lipinski definition) is 2. The summed E-state index contributed by atoms with van der Waals surface area (Å²) >= 11 is 6.29. The molecule has 0 N–H and O–H groups in total. The van der Waals surface area contributed by atoms with E-state index in [2.05, 4.69) is 27.8 Å². The van der Waals surface area contributed by atoms with Crippen molar-refractivity contribution >= 4 is 22.6 Å². The molecule has 19 heavy (non-hydrogen) atoms. The number of imidazole rings is 1. The van der Waals surface area contributed by atoms with Gasteiger partial charge >= 0.3 is 0 Å². The SMILES string of the molecule is CC(Cl)c1nc2ccccc2n1CC1CCOCC1. The summed E-state index contributed by atoms with van der Waals surface area (Å²) in [5.74, 6) is 1.65. The number of aromatic nitrogens is 2. The first-order chi connectivity index (χ1) is 9.25. The minimum absolute atomic E-state index is 0.0627. The maximum atomic E-state index is 6.29. The Balaban J connectivity index is 1.97. The van der Waals surface area contributed by atoms with Crippen LogP contribution < -0.4 is 0 Å². The molecule has 0 bridgehead atoms. The van der Waals surface area contributed by atoms with Crippen LogP contribution in [0.2, 0.25) is 0 Å². The molecule has 1 unspecified atom stereocenters. The third-order valence-electron chi connectivity index (χ3n) is 3.82. The number of rotatable bonds is 3. The van der Waals surface area contributed by atoms with Crippen LogP contribution in [0, 0.1) is 5.92 Å². The van der Waals surface area contributed by atoms with Crippen molar-refractivity contribution in [3.63, 3.8) is 0 Å². The Labute approximate surface area is 118 Å². The van der Waals surface area contributed by atoms with Crippen molar-refractivity contribution in [2.45, 2.75) is 31.7 Å². The summed E-state index contributed by atoms with van der Waals surface area (Å²) in [5, 5.41) is -0.0627. The van der Waals surface area contributed by atoms with Gasteiger partial charge in [0.2, 0.25) is 0 Å². The molecule has 3 nitrogen and oxygen atoms in total. The Kier molecular flexibility index (Phi) is 3.76. The van der Waals surface area contributed by atoms with Gasteiger partial charge in [-0.2, -0.15) is 0 Å². The van der Waals surface area contributed by atoms with Crippen LogP contribution in [0.5, 0.6) is 0 Å². The van der Waals surface area contributed by atoms with E-state index < -0.39 is 0 Å². The molecule has 1 aliphatic heterocycles. The highest BCUT2D eigenvalue weighted by molar-refractivity contribution is 6.20. The summed E-state index contributed by atoms with van der Waals surface area (Å²) < 4.78 is 7.73. The minimum atomic E-state index is -0.0627. The molecule has 1 atom stereocenters. The summed E-state index contributed by atoms with van der Waals surface area (Å²) in [6.07, 6.45) is 2.26. The summed E-state index contributed by atoms with van der Waals surface area (Å²) in [4.78, 5) is 4.68. The van der Waals surface area contributed by atoms with Crippen molar-refractivity contribution < 1.29 is 4.74 Å². The topological polar surface area (TPSA) is 27.1 Å². The van der Waals surface area contributed by atoms with E-state index in [4.69, 9.17) is 16.3 Å². The number of halogens is 1. The Morgan fingerprint density at radius 2 is 2.11 bits per heavy atom. The third kappa shape index (κ3) is 2.63. The van der Waals surface area contributed by atoms with Gasteiger partial charge in [0.05, 0.1) is 16.4 Å². The normalized spacial score (nSPS) is 18.8. The molecule has 2 aromatic rings. The van der Waals surface area contributed by atoms with Crippen molar-refractivity contribution in [3.05, 3.63) is 30.1 Å². The molecule has 0 spiro atoms. The molecule has 1 saturated heterocycles. The minimum Gasteiger partial charge on any atom is -0.381 e. The first kappa shape index (κ1) is 12.9. The first-order valence-corrected chi connectivity index (χ1v) is 7.36. The van der Waals surface area contributed by atoms with E-state index in [0.29, 0.717) is 5.92 Å². The number of fused-ring (bicyclic) bond motifs is 1. The second kappa shape index (κ2) is 5.51. The van der Waals surface area contributed by atoms with E-state index in [9.17, 15) is 0 Å². The molecule has 2 heterocycles. The van der Waals surface area contributed by atoms with E-state index in [-0.39, 0.29) is 5.38 Å². The molecule has 1 aromatic carbocycles. The Hall–Kier alpha value is -1.06. The number of alkyl halides is 1. The Bertz CT molecular complexity index is 558. The van der Waals surface area contributed by atoms with Crippen molar-refractivity contribution in [2.75, 3.05) is 13.2 Å². The van der Waals surface area contributed by atoms with Crippen LogP contribution in [0.15, 0.2) is 24.3 Å². The zero-order chi connectivity index (χ0) is 13.2. The predicted octanol–water partition coefficient (Wildman–Crippen LogP) is 3.76. The molecule has 4 heteroatoms. The molecule has 0 radical (unpaired) electrons. The van der Waals surface area contributed by atoms with Crippen LogP contribution in [0.4, 0.5) is 0 Å². The fraction of sp³-hybridized carbons (Fsp3) is 0.533. The number of benzene rings is 1. The molecule has 102 valence electrons.